The van der Waals surface area contributed by atoms with Crippen molar-refractivity contribution in [1.82, 2.24) is 10.2 Å². The SMILES string of the molecule is O=C(O)C1CCCCC1CNCCCN1CCCC1. The van der Waals surface area contributed by atoms with Gasteiger partial charge >= 0.3 is 5.97 Å². The van der Waals surface area contributed by atoms with E-state index >= 15 is 0 Å². The number of aliphatic carboxylic acids is 1. The molecule has 0 aromatic heterocycles. The van der Waals surface area contributed by atoms with Crippen LogP contribution >= 0.6 is 0 Å². The topological polar surface area (TPSA) is 52.6 Å². The van der Waals surface area contributed by atoms with E-state index in [4.69, 9.17) is 0 Å². The van der Waals surface area contributed by atoms with Gasteiger partial charge in [-0.05, 0) is 70.7 Å². The van der Waals surface area contributed by atoms with Crippen molar-refractivity contribution in [2.45, 2.75) is 44.9 Å². The predicted octanol–water partition coefficient (Wildman–Crippen LogP) is 1.95. The van der Waals surface area contributed by atoms with Gasteiger partial charge in [-0.15, -0.1) is 0 Å². The molecule has 19 heavy (non-hydrogen) atoms. The van der Waals surface area contributed by atoms with Crippen LogP contribution in [0.5, 0.6) is 0 Å². The van der Waals surface area contributed by atoms with Crippen LogP contribution in [0.25, 0.3) is 0 Å². The number of carboxylic acid groups (broad SMARTS) is 1. The molecule has 0 amide bonds. The Morgan fingerprint density at radius 3 is 2.63 bits per heavy atom. The third-order valence-electron chi connectivity index (χ3n) is 4.66. The van der Waals surface area contributed by atoms with Crippen LogP contribution in [-0.2, 0) is 4.79 Å². The van der Waals surface area contributed by atoms with Crippen LogP contribution in [0.3, 0.4) is 0 Å². The standard InChI is InChI=1S/C15H28N2O2/c18-15(19)14-7-2-1-6-13(14)12-16-8-5-11-17-9-3-4-10-17/h13-14,16H,1-12H2,(H,18,19). The smallest absolute Gasteiger partial charge is 0.306 e. The molecule has 1 aliphatic heterocycles. The van der Waals surface area contributed by atoms with Gasteiger partial charge in [0, 0.05) is 0 Å². The lowest BCUT2D eigenvalue weighted by molar-refractivity contribution is -0.144. The number of nitrogens with one attached hydrogen (secondary N) is 1. The van der Waals surface area contributed by atoms with Gasteiger partial charge in [0.2, 0.25) is 0 Å². The lowest BCUT2D eigenvalue weighted by Gasteiger charge is -2.28. The Hall–Kier alpha value is -0.610. The van der Waals surface area contributed by atoms with Crippen molar-refractivity contribution in [3.63, 3.8) is 0 Å². The lowest BCUT2D eigenvalue weighted by atomic mass is 9.79. The number of hydrogen-bond acceptors (Lipinski definition) is 3. The summed E-state index contributed by atoms with van der Waals surface area (Å²) < 4.78 is 0. The number of carboxylic acids is 1. The molecule has 110 valence electrons. The number of hydrogen-bond donors (Lipinski definition) is 2. The van der Waals surface area contributed by atoms with Crippen LogP contribution in [0.1, 0.15) is 44.9 Å². The molecule has 0 spiro atoms. The van der Waals surface area contributed by atoms with Crippen molar-refractivity contribution in [2.75, 3.05) is 32.7 Å². The van der Waals surface area contributed by atoms with Gasteiger partial charge in [-0.3, -0.25) is 4.79 Å². The first-order valence-electron chi connectivity index (χ1n) is 7.93. The Bertz CT molecular complexity index is 277. The maximum Gasteiger partial charge on any atom is 0.306 e. The summed E-state index contributed by atoms with van der Waals surface area (Å²) in [6.45, 7) is 5.64. The fraction of sp³-hybridized carbons (Fsp3) is 0.933. The van der Waals surface area contributed by atoms with Gasteiger partial charge in [-0.1, -0.05) is 12.8 Å². The average Bonchev–Trinajstić information content (AvgIpc) is 2.92. The molecule has 2 unspecified atom stereocenters. The fourth-order valence-electron chi connectivity index (χ4n) is 3.50. The van der Waals surface area contributed by atoms with Gasteiger partial charge in [0.15, 0.2) is 0 Å². The molecule has 1 saturated heterocycles. The molecule has 2 N–H and O–H groups in total. The molecule has 1 aliphatic carbocycles. The number of nitrogens with zero attached hydrogens (tertiary/aromatic N) is 1. The van der Waals surface area contributed by atoms with E-state index in [2.05, 4.69) is 10.2 Å². The molecule has 4 heteroatoms. The summed E-state index contributed by atoms with van der Waals surface area (Å²) >= 11 is 0. The zero-order valence-corrected chi connectivity index (χ0v) is 11.9. The first kappa shape index (κ1) is 14.8. The molecule has 0 aromatic rings. The predicted molar refractivity (Wildman–Crippen MR) is 76.2 cm³/mol. The molecular formula is C15H28N2O2. The third-order valence-corrected chi connectivity index (χ3v) is 4.66. The second-order valence-corrected chi connectivity index (χ2v) is 6.10. The highest BCUT2D eigenvalue weighted by Gasteiger charge is 2.30. The summed E-state index contributed by atoms with van der Waals surface area (Å²) in [5.74, 6) is -0.360. The molecule has 0 radical (unpaired) electrons. The van der Waals surface area contributed by atoms with Crippen LogP contribution in [0.15, 0.2) is 0 Å². The number of carbonyl (C=O) groups is 1. The molecule has 2 atom stereocenters. The Balaban J connectivity index is 1.57. The van der Waals surface area contributed by atoms with Gasteiger partial charge in [0.25, 0.3) is 0 Å². The van der Waals surface area contributed by atoms with Crippen molar-refractivity contribution in [3.8, 4) is 0 Å². The Kier molecular flexibility index (Phi) is 6.11. The summed E-state index contributed by atoms with van der Waals surface area (Å²) in [5.41, 5.74) is 0. The Morgan fingerprint density at radius 1 is 1.16 bits per heavy atom. The van der Waals surface area contributed by atoms with Crippen molar-refractivity contribution in [1.29, 1.82) is 0 Å². The second-order valence-electron chi connectivity index (χ2n) is 6.10. The van der Waals surface area contributed by atoms with Gasteiger partial charge in [-0.2, -0.15) is 0 Å². The molecule has 2 rings (SSSR count). The van der Waals surface area contributed by atoms with E-state index in [0.29, 0.717) is 5.92 Å². The number of likely N-dealkylation sites (tertiary alicyclic amines) is 1. The lowest BCUT2D eigenvalue weighted by Crippen LogP contribution is -2.35. The van der Waals surface area contributed by atoms with Crippen molar-refractivity contribution < 1.29 is 9.90 Å². The third kappa shape index (κ3) is 4.77. The quantitative estimate of drug-likeness (QED) is 0.693. The van der Waals surface area contributed by atoms with Gasteiger partial charge < -0.3 is 15.3 Å². The molecule has 0 aromatic carbocycles. The fourth-order valence-corrected chi connectivity index (χ4v) is 3.50. The van der Waals surface area contributed by atoms with E-state index in [1.807, 2.05) is 0 Å². The van der Waals surface area contributed by atoms with E-state index in [9.17, 15) is 9.90 Å². The first-order chi connectivity index (χ1) is 9.27. The summed E-state index contributed by atoms with van der Waals surface area (Å²) in [6.07, 6.45) is 8.13. The van der Waals surface area contributed by atoms with Crippen LogP contribution in [0, 0.1) is 11.8 Å². The molecule has 1 heterocycles. The van der Waals surface area contributed by atoms with E-state index < -0.39 is 5.97 Å². The van der Waals surface area contributed by atoms with Crippen LogP contribution in [0.2, 0.25) is 0 Å². The van der Waals surface area contributed by atoms with Gasteiger partial charge in [0.05, 0.1) is 5.92 Å². The summed E-state index contributed by atoms with van der Waals surface area (Å²) in [7, 11) is 0. The molecule has 1 saturated carbocycles. The van der Waals surface area contributed by atoms with Crippen LogP contribution < -0.4 is 5.32 Å². The second kappa shape index (κ2) is 7.85. The minimum atomic E-state index is -0.594. The van der Waals surface area contributed by atoms with Gasteiger partial charge in [-0.25, -0.2) is 0 Å². The van der Waals surface area contributed by atoms with Crippen molar-refractivity contribution in [3.05, 3.63) is 0 Å². The van der Waals surface area contributed by atoms with E-state index in [0.717, 1.165) is 32.4 Å². The van der Waals surface area contributed by atoms with E-state index in [1.54, 1.807) is 0 Å². The van der Waals surface area contributed by atoms with E-state index in [-0.39, 0.29) is 5.92 Å². The van der Waals surface area contributed by atoms with Crippen LogP contribution in [-0.4, -0.2) is 48.7 Å². The molecule has 2 aliphatic rings. The monoisotopic (exact) mass is 268 g/mol. The first-order valence-corrected chi connectivity index (χ1v) is 7.93. The zero-order chi connectivity index (χ0) is 13.5. The minimum Gasteiger partial charge on any atom is -0.481 e. The summed E-state index contributed by atoms with van der Waals surface area (Å²) in [4.78, 5) is 13.7. The Labute approximate surface area is 116 Å². The molecule has 0 bridgehead atoms. The van der Waals surface area contributed by atoms with Crippen LogP contribution in [0.4, 0.5) is 0 Å². The summed E-state index contributed by atoms with van der Waals surface area (Å²) in [5, 5.41) is 12.7. The zero-order valence-electron chi connectivity index (χ0n) is 11.9. The van der Waals surface area contributed by atoms with Crippen molar-refractivity contribution in [2.24, 2.45) is 11.8 Å². The molecule has 4 nitrogen and oxygen atoms in total. The maximum absolute atomic E-state index is 11.2. The van der Waals surface area contributed by atoms with E-state index in [1.165, 1.54) is 45.3 Å². The highest BCUT2D eigenvalue weighted by molar-refractivity contribution is 5.70. The average molecular weight is 268 g/mol. The number of rotatable bonds is 7. The minimum absolute atomic E-state index is 0.111. The normalized spacial score (nSPS) is 28.6. The van der Waals surface area contributed by atoms with Crippen molar-refractivity contribution >= 4 is 5.97 Å². The largest absolute Gasteiger partial charge is 0.481 e. The Morgan fingerprint density at radius 2 is 1.89 bits per heavy atom. The molecule has 2 fully saturated rings. The molecular weight excluding hydrogens is 240 g/mol. The summed E-state index contributed by atoms with van der Waals surface area (Å²) in [6, 6.07) is 0. The maximum atomic E-state index is 11.2. The highest BCUT2D eigenvalue weighted by atomic mass is 16.4. The highest BCUT2D eigenvalue weighted by Crippen LogP contribution is 2.29. The van der Waals surface area contributed by atoms with Gasteiger partial charge in [0.1, 0.15) is 0 Å².